The van der Waals surface area contributed by atoms with Crippen LogP contribution in [0.1, 0.15) is 39.0 Å². The molecule has 0 radical (unpaired) electrons. The van der Waals surface area contributed by atoms with Crippen LogP contribution in [0, 0.1) is 11.8 Å². The molecular formula is C10H19N. The molecule has 2 bridgehead atoms. The molecule has 3 aliphatic rings. The lowest BCUT2D eigenvalue weighted by atomic mass is 9.79. The zero-order valence-electron chi connectivity index (χ0n) is 7.47. The second kappa shape index (κ2) is 3.14. The molecule has 3 rings (SSSR count). The normalized spacial score (nSPS) is 45.0. The second-order valence-corrected chi connectivity index (χ2v) is 4.47. The summed E-state index contributed by atoms with van der Waals surface area (Å²) in [5.74, 6) is 1.99. The Hall–Kier alpha value is -0.0400. The maximum atomic E-state index is 3.66. The van der Waals surface area contributed by atoms with Crippen molar-refractivity contribution in [3.05, 3.63) is 0 Å². The highest BCUT2D eigenvalue weighted by atomic mass is 14.9. The van der Waals surface area contributed by atoms with E-state index in [1.165, 1.54) is 38.6 Å². The van der Waals surface area contributed by atoms with E-state index in [0.717, 1.165) is 17.9 Å². The van der Waals surface area contributed by atoms with Crippen LogP contribution in [0.3, 0.4) is 0 Å². The third kappa shape index (κ3) is 1.76. The van der Waals surface area contributed by atoms with Gasteiger partial charge in [0.25, 0.3) is 0 Å². The van der Waals surface area contributed by atoms with E-state index < -0.39 is 0 Å². The maximum Gasteiger partial charge on any atom is 0.00673 e. The van der Waals surface area contributed by atoms with Crippen molar-refractivity contribution in [1.82, 2.24) is 5.32 Å². The minimum Gasteiger partial charge on any atom is -0.314 e. The van der Waals surface area contributed by atoms with Gasteiger partial charge in [0.1, 0.15) is 0 Å². The highest BCUT2D eigenvalue weighted by Gasteiger charge is 2.25. The Morgan fingerprint density at radius 3 is 2.55 bits per heavy atom. The first-order valence-electron chi connectivity index (χ1n) is 5.08. The lowest BCUT2D eigenvalue weighted by molar-refractivity contribution is 0.212. The van der Waals surface area contributed by atoms with Crippen molar-refractivity contribution in [3.8, 4) is 0 Å². The minimum absolute atomic E-state index is 0.869. The summed E-state index contributed by atoms with van der Waals surface area (Å²) >= 11 is 0. The fraction of sp³-hybridized carbons (Fsp3) is 1.00. The van der Waals surface area contributed by atoms with Gasteiger partial charge in [0.15, 0.2) is 0 Å². The summed E-state index contributed by atoms with van der Waals surface area (Å²) in [4.78, 5) is 0. The van der Waals surface area contributed by atoms with E-state index in [0.29, 0.717) is 0 Å². The van der Waals surface area contributed by atoms with Gasteiger partial charge in [-0.2, -0.15) is 0 Å². The molecule has 1 atom stereocenters. The van der Waals surface area contributed by atoms with Gasteiger partial charge in [-0.3, -0.25) is 0 Å². The molecule has 1 N–H and O–H groups in total. The Bertz CT molecular complexity index is 125. The molecule has 2 heterocycles. The van der Waals surface area contributed by atoms with E-state index in [9.17, 15) is 0 Å². The van der Waals surface area contributed by atoms with Crippen LogP contribution in [-0.2, 0) is 0 Å². The predicted octanol–water partition coefficient (Wildman–Crippen LogP) is 2.17. The molecule has 0 aromatic heterocycles. The average molecular weight is 153 g/mol. The summed E-state index contributed by atoms with van der Waals surface area (Å²) in [5.41, 5.74) is 0. The van der Waals surface area contributed by atoms with Gasteiger partial charge in [-0.1, -0.05) is 6.92 Å². The number of hydrogen-bond acceptors (Lipinski definition) is 1. The fourth-order valence-corrected chi connectivity index (χ4v) is 2.62. The molecule has 0 aromatic carbocycles. The van der Waals surface area contributed by atoms with Crippen LogP contribution in [0.25, 0.3) is 0 Å². The molecule has 11 heavy (non-hydrogen) atoms. The standard InChI is InChI=1S/C10H19N/c1-8-6-9-2-4-10(5-3-9)11-7-8/h8-11H,2-7H2,1H3/t8-,9?,10?/m0/s1. The highest BCUT2D eigenvalue weighted by Crippen LogP contribution is 2.31. The van der Waals surface area contributed by atoms with Gasteiger partial charge in [-0.25, -0.2) is 0 Å². The van der Waals surface area contributed by atoms with E-state index in [1.54, 1.807) is 0 Å². The molecule has 64 valence electrons. The van der Waals surface area contributed by atoms with Crippen LogP contribution in [0.4, 0.5) is 0 Å². The van der Waals surface area contributed by atoms with E-state index in [4.69, 9.17) is 0 Å². The molecule has 0 aromatic rings. The molecule has 0 unspecified atom stereocenters. The lowest BCUT2D eigenvalue weighted by Gasteiger charge is -2.35. The summed E-state index contributed by atoms with van der Waals surface area (Å²) in [6, 6.07) is 0.869. The van der Waals surface area contributed by atoms with E-state index in [1.807, 2.05) is 0 Å². The first kappa shape index (κ1) is 7.60. The van der Waals surface area contributed by atoms with Gasteiger partial charge in [-0.15, -0.1) is 0 Å². The van der Waals surface area contributed by atoms with Gasteiger partial charge >= 0.3 is 0 Å². The van der Waals surface area contributed by atoms with Crippen molar-refractivity contribution in [2.75, 3.05) is 6.54 Å². The van der Waals surface area contributed by atoms with Gasteiger partial charge in [0, 0.05) is 6.04 Å². The molecule has 1 heteroatoms. The Labute approximate surface area is 69.6 Å². The highest BCUT2D eigenvalue weighted by molar-refractivity contribution is 4.82. The van der Waals surface area contributed by atoms with Crippen molar-refractivity contribution in [1.29, 1.82) is 0 Å². The second-order valence-electron chi connectivity index (χ2n) is 4.47. The molecule has 2 saturated heterocycles. The zero-order chi connectivity index (χ0) is 7.68. The van der Waals surface area contributed by atoms with Gasteiger partial charge in [0.05, 0.1) is 0 Å². The quantitative estimate of drug-likeness (QED) is 0.562. The average Bonchev–Trinajstić information content (AvgIpc) is 1.98. The van der Waals surface area contributed by atoms with Crippen molar-refractivity contribution >= 4 is 0 Å². The molecule has 1 saturated carbocycles. The first-order chi connectivity index (χ1) is 5.34. The molecule has 1 nitrogen and oxygen atoms in total. The largest absolute Gasteiger partial charge is 0.314 e. The summed E-state index contributed by atoms with van der Waals surface area (Å²) in [6.45, 7) is 3.65. The molecule has 2 aliphatic heterocycles. The van der Waals surface area contributed by atoms with Crippen LogP contribution in [0.5, 0.6) is 0 Å². The summed E-state index contributed by atoms with van der Waals surface area (Å²) in [7, 11) is 0. The Kier molecular flexibility index (Phi) is 2.17. The first-order valence-corrected chi connectivity index (χ1v) is 5.08. The van der Waals surface area contributed by atoms with E-state index in [-0.39, 0.29) is 0 Å². The lowest BCUT2D eigenvalue weighted by Crippen LogP contribution is -2.39. The van der Waals surface area contributed by atoms with Crippen molar-refractivity contribution < 1.29 is 0 Å². The monoisotopic (exact) mass is 153 g/mol. The third-order valence-electron chi connectivity index (χ3n) is 3.34. The van der Waals surface area contributed by atoms with Crippen LogP contribution in [-0.4, -0.2) is 12.6 Å². The summed E-state index contributed by atoms with van der Waals surface area (Å²) in [5, 5.41) is 3.66. The van der Waals surface area contributed by atoms with Gasteiger partial charge in [-0.05, 0) is 50.5 Å². The number of nitrogens with one attached hydrogen (secondary N) is 1. The van der Waals surface area contributed by atoms with E-state index >= 15 is 0 Å². The smallest absolute Gasteiger partial charge is 0.00673 e. The summed E-state index contributed by atoms with van der Waals surface area (Å²) < 4.78 is 0. The molecular weight excluding hydrogens is 134 g/mol. The van der Waals surface area contributed by atoms with Gasteiger partial charge < -0.3 is 5.32 Å². The van der Waals surface area contributed by atoms with Crippen molar-refractivity contribution in [2.45, 2.75) is 45.1 Å². The third-order valence-corrected chi connectivity index (χ3v) is 3.34. The number of fused-ring (bicyclic) bond motifs is 5. The summed E-state index contributed by atoms with van der Waals surface area (Å²) in [6.07, 6.45) is 7.33. The molecule has 1 aliphatic carbocycles. The number of hydrogen-bond donors (Lipinski definition) is 1. The van der Waals surface area contributed by atoms with Crippen LogP contribution in [0.15, 0.2) is 0 Å². The SMILES string of the molecule is C[C@@H]1CNC2CCC(CC2)C1. The predicted molar refractivity (Wildman–Crippen MR) is 47.5 cm³/mol. The van der Waals surface area contributed by atoms with Crippen LogP contribution >= 0.6 is 0 Å². The fourth-order valence-electron chi connectivity index (χ4n) is 2.62. The van der Waals surface area contributed by atoms with Crippen LogP contribution < -0.4 is 5.32 Å². The van der Waals surface area contributed by atoms with Crippen LogP contribution in [0.2, 0.25) is 0 Å². The Balaban J connectivity index is 1.97. The van der Waals surface area contributed by atoms with Gasteiger partial charge in [0.2, 0.25) is 0 Å². The molecule has 0 amide bonds. The maximum absolute atomic E-state index is 3.66. The molecule has 3 fully saturated rings. The molecule has 0 spiro atoms. The number of rotatable bonds is 0. The van der Waals surface area contributed by atoms with Crippen molar-refractivity contribution in [2.24, 2.45) is 11.8 Å². The Morgan fingerprint density at radius 2 is 1.82 bits per heavy atom. The Morgan fingerprint density at radius 1 is 1.09 bits per heavy atom. The minimum atomic E-state index is 0.869. The zero-order valence-corrected chi connectivity index (χ0v) is 7.47. The van der Waals surface area contributed by atoms with Crippen molar-refractivity contribution in [3.63, 3.8) is 0 Å². The topological polar surface area (TPSA) is 12.0 Å². The van der Waals surface area contributed by atoms with E-state index in [2.05, 4.69) is 12.2 Å².